The zero-order valence-electron chi connectivity index (χ0n) is 17.2. The summed E-state index contributed by atoms with van der Waals surface area (Å²) in [6, 6.07) is 13.8. The van der Waals surface area contributed by atoms with E-state index in [1.54, 1.807) is 31.4 Å². The molecule has 4 rings (SSSR count). The number of urea groups is 1. The summed E-state index contributed by atoms with van der Waals surface area (Å²) in [6.07, 6.45) is 2.52. The Balaban J connectivity index is 1.28. The lowest BCUT2D eigenvalue weighted by Gasteiger charge is -2.13. The predicted octanol–water partition coefficient (Wildman–Crippen LogP) is 2.35. The van der Waals surface area contributed by atoms with Crippen LogP contribution in [-0.4, -0.2) is 47.4 Å². The molecular formula is C23H24N4O4. The first-order valence-corrected chi connectivity index (χ1v) is 10.1. The number of aromatic amines is 1. The highest BCUT2D eigenvalue weighted by molar-refractivity contribution is 6.05. The SMILES string of the molecule is COc1ccc(CN2C(=O)N[C@@H](CC(=O)NCCc3c[nH]c4ccccc34)C2=O)cc1. The van der Waals surface area contributed by atoms with Crippen LogP contribution >= 0.6 is 0 Å². The van der Waals surface area contributed by atoms with Gasteiger partial charge in [-0.25, -0.2) is 4.79 Å². The van der Waals surface area contributed by atoms with Crippen LogP contribution in [0.2, 0.25) is 0 Å². The summed E-state index contributed by atoms with van der Waals surface area (Å²) in [7, 11) is 1.57. The van der Waals surface area contributed by atoms with Crippen molar-refractivity contribution in [1.29, 1.82) is 0 Å². The van der Waals surface area contributed by atoms with Crippen molar-refractivity contribution in [3.8, 4) is 5.75 Å². The number of fused-ring (bicyclic) bond motifs is 1. The number of nitrogens with one attached hydrogen (secondary N) is 3. The normalized spacial score (nSPS) is 15.9. The molecule has 31 heavy (non-hydrogen) atoms. The van der Waals surface area contributed by atoms with E-state index in [1.807, 2.05) is 30.5 Å². The van der Waals surface area contributed by atoms with Gasteiger partial charge in [0, 0.05) is 23.6 Å². The molecule has 1 aliphatic rings. The fourth-order valence-electron chi connectivity index (χ4n) is 3.71. The van der Waals surface area contributed by atoms with Gasteiger partial charge in [0.1, 0.15) is 11.8 Å². The molecule has 1 fully saturated rings. The Labute approximate surface area is 179 Å². The van der Waals surface area contributed by atoms with Crippen molar-refractivity contribution in [1.82, 2.24) is 20.5 Å². The first-order valence-electron chi connectivity index (χ1n) is 10.1. The second-order valence-corrected chi connectivity index (χ2v) is 7.44. The van der Waals surface area contributed by atoms with Gasteiger partial charge in [-0.2, -0.15) is 0 Å². The van der Waals surface area contributed by atoms with E-state index in [0.717, 1.165) is 26.9 Å². The summed E-state index contributed by atoms with van der Waals surface area (Å²) in [5.74, 6) is 0.0283. The zero-order chi connectivity index (χ0) is 21.8. The Morgan fingerprint density at radius 3 is 2.68 bits per heavy atom. The van der Waals surface area contributed by atoms with Crippen molar-refractivity contribution in [2.45, 2.75) is 25.4 Å². The average Bonchev–Trinajstić information content (AvgIpc) is 3.30. The molecule has 0 saturated carbocycles. The van der Waals surface area contributed by atoms with E-state index in [2.05, 4.69) is 15.6 Å². The molecule has 1 aromatic heterocycles. The Hall–Kier alpha value is -3.81. The Morgan fingerprint density at radius 1 is 1.13 bits per heavy atom. The lowest BCUT2D eigenvalue weighted by molar-refractivity contribution is -0.131. The number of aromatic nitrogens is 1. The van der Waals surface area contributed by atoms with Gasteiger partial charge in [-0.05, 0) is 35.7 Å². The van der Waals surface area contributed by atoms with Gasteiger partial charge in [0.05, 0.1) is 20.1 Å². The van der Waals surface area contributed by atoms with Crippen molar-refractivity contribution in [2.75, 3.05) is 13.7 Å². The molecule has 160 valence electrons. The zero-order valence-corrected chi connectivity index (χ0v) is 17.2. The quantitative estimate of drug-likeness (QED) is 0.487. The van der Waals surface area contributed by atoms with Gasteiger partial charge < -0.3 is 20.4 Å². The summed E-state index contributed by atoms with van der Waals surface area (Å²) >= 11 is 0. The van der Waals surface area contributed by atoms with Crippen LogP contribution in [0, 0.1) is 0 Å². The second kappa shape index (κ2) is 8.91. The number of H-pyrrole nitrogens is 1. The number of imide groups is 1. The highest BCUT2D eigenvalue weighted by atomic mass is 16.5. The number of amides is 4. The second-order valence-electron chi connectivity index (χ2n) is 7.44. The predicted molar refractivity (Wildman–Crippen MR) is 115 cm³/mol. The average molecular weight is 420 g/mol. The molecule has 0 unspecified atom stereocenters. The molecular weight excluding hydrogens is 396 g/mol. The molecule has 2 heterocycles. The van der Waals surface area contributed by atoms with E-state index in [0.29, 0.717) is 18.7 Å². The minimum absolute atomic E-state index is 0.0857. The maximum atomic E-state index is 12.6. The third-order valence-corrected chi connectivity index (χ3v) is 5.39. The number of carbonyl (C=O) groups is 3. The summed E-state index contributed by atoms with van der Waals surface area (Å²) in [6.45, 7) is 0.596. The highest BCUT2D eigenvalue weighted by Gasteiger charge is 2.38. The molecule has 2 aromatic carbocycles. The van der Waals surface area contributed by atoms with Gasteiger partial charge in [-0.3, -0.25) is 14.5 Å². The maximum absolute atomic E-state index is 12.6. The Morgan fingerprint density at radius 2 is 1.90 bits per heavy atom. The smallest absolute Gasteiger partial charge is 0.325 e. The van der Waals surface area contributed by atoms with Crippen LogP contribution < -0.4 is 15.4 Å². The first-order chi connectivity index (χ1) is 15.0. The van der Waals surface area contributed by atoms with E-state index >= 15 is 0 Å². The molecule has 8 nitrogen and oxygen atoms in total. The highest BCUT2D eigenvalue weighted by Crippen LogP contribution is 2.18. The van der Waals surface area contributed by atoms with Crippen molar-refractivity contribution in [3.63, 3.8) is 0 Å². The maximum Gasteiger partial charge on any atom is 0.325 e. The van der Waals surface area contributed by atoms with Crippen molar-refractivity contribution in [3.05, 3.63) is 65.9 Å². The van der Waals surface area contributed by atoms with Crippen molar-refractivity contribution in [2.24, 2.45) is 0 Å². The summed E-state index contributed by atoms with van der Waals surface area (Å²) in [5.41, 5.74) is 2.97. The molecule has 4 amide bonds. The molecule has 3 aromatic rings. The third-order valence-electron chi connectivity index (χ3n) is 5.39. The number of nitrogens with zero attached hydrogens (tertiary/aromatic N) is 1. The fraction of sp³-hybridized carbons (Fsp3) is 0.261. The molecule has 3 N–H and O–H groups in total. The standard InChI is InChI=1S/C23H24N4O4/c1-31-17-8-6-15(7-9-17)14-27-22(29)20(26-23(27)30)12-21(28)24-11-10-16-13-25-19-5-3-2-4-18(16)19/h2-9,13,20,25H,10-12,14H2,1H3,(H,24,28)(H,26,30)/t20-/m0/s1. The third kappa shape index (κ3) is 4.53. The van der Waals surface area contributed by atoms with E-state index in [9.17, 15) is 14.4 Å². The molecule has 1 saturated heterocycles. The molecule has 0 radical (unpaired) electrons. The number of benzene rings is 2. The van der Waals surface area contributed by atoms with Crippen LogP contribution in [0.1, 0.15) is 17.5 Å². The molecule has 0 aliphatic carbocycles. The number of para-hydroxylation sites is 1. The number of rotatable bonds is 8. The monoisotopic (exact) mass is 420 g/mol. The van der Waals surface area contributed by atoms with Gasteiger partial charge in [0.15, 0.2) is 0 Å². The van der Waals surface area contributed by atoms with Gasteiger partial charge >= 0.3 is 6.03 Å². The molecule has 0 spiro atoms. The number of methoxy groups -OCH3 is 1. The van der Waals surface area contributed by atoms with Crippen LogP contribution in [0.5, 0.6) is 5.75 Å². The van der Waals surface area contributed by atoms with Crippen molar-refractivity contribution < 1.29 is 19.1 Å². The van der Waals surface area contributed by atoms with E-state index in [-0.39, 0.29) is 18.9 Å². The molecule has 0 bridgehead atoms. The molecule has 1 aliphatic heterocycles. The molecule has 8 heteroatoms. The minimum atomic E-state index is -0.848. The van der Waals surface area contributed by atoms with Gasteiger partial charge in [0.25, 0.3) is 5.91 Å². The van der Waals surface area contributed by atoms with E-state index in [4.69, 9.17) is 4.74 Å². The Bertz CT molecular complexity index is 1110. The fourth-order valence-corrected chi connectivity index (χ4v) is 3.71. The van der Waals surface area contributed by atoms with Crippen LogP contribution in [0.4, 0.5) is 4.79 Å². The topological polar surface area (TPSA) is 104 Å². The summed E-state index contributed by atoms with van der Waals surface area (Å²) in [5, 5.41) is 6.57. The van der Waals surface area contributed by atoms with Crippen LogP contribution in [0.25, 0.3) is 10.9 Å². The minimum Gasteiger partial charge on any atom is -0.497 e. The lowest BCUT2D eigenvalue weighted by atomic mass is 10.1. The first kappa shape index (κ1) is 20.5. The van der Waals surface area contributed by atoms with Gasteiger partial charge in [0.2, 0.25) is 5.91 Å². The number of hydrogen-bond acceptors (Lipinski definition) is 4. The number of carbonyl (C=O) groups excluding carboxylic acids is 3. The number of ether oxygens (including phenoxy) is 1. The Kier molecular flexibility index (Phi) is 5.88. The van der Waals surface area contributed by atoms with Crippen molar-refractivity contribution >= 4 is 28.7 Å². The summed E-state index contributed by atoms with van der Waals surface area (Å²) in [4.78, 5) is 41.5. The lowest BCUT2D eigenvalue weighted by Crippen LogP contribution is -2.37. The summed E-state index contributed by atoms with van der Waals surface area (Å²) < 4.78 is 5.11. The van der Waals surface area contributed by atoms with E-state index in [1.165, 1.54) is 0 Å². The van der Waals surface area contributed by atoms with Crippen LogP contribution in [-0.2, 0) is 22.6 Å². The number of hydrogen-bond donors (Lipinski definition) is 3. The van der Waals surface area contributed by atoms with Gasteiger partial charge in [-0.1, -0.05) is 30.3 Å². The van der Waals surface area contributed by atoms with Crippen LogP contribution in [0.15, 0.2) is 54.7 Å². The van der Waals surface area contributed by atoms with Crippen LogP contribution in [0.3, 0.4) is 0 Å². The molecule has 1 atom stereocenters. The van der Waals surface area contributed by atoms with Gasteiger partial charge in [-0.15, -0.1) is 0 Å². The van der Waals surface area contributed by atoms with E-state index < -0.39 is 18.0 Å². The largest absolute Gasteiger partial charge is 0.497 e.